The number of aromatic hydroxyl groups is 2. The molecule has 27 heavy (non-hydrogen) atoms. The van der Waals surface area contributed by atoms with Crippen molar-refractivity contribution in [3.05, 3.63) is 97.1 Å². The lowest BCUT2D eigenvalue weighted by molar-refractivity contribution is 0.475. The van der Waals surface area contributed by atoms with Gasteiger partial charge >= 0.3 is 0 Å². The van der Waals surface area contributed by atoms with E-state index in [0.717, 1.165) is 32.0 Å². The minimum absolute atomic E-state index is 0.273. The van der Waals surface area contributed by atoms with E-state index >= 15 is 0 Å². The Morgan fingerprint density at radius 1 is 0.444 bits per heavy atom. The average molecular weight is 370 g/mol. The third-order valence-electron chi connectivity index (χ3n) is 4.31. The van der Waals surface area contributed by atoms with Crippen LogP contribution in [-0.4, -0.2) is 10.2 Å². The fourth-order valence-corrected chi connectivity index (χ4v) is 3.86. The largest absolute Gasteiger partial charge is 0.508 e. The van der Waals surface area contributed by atoms with Gasteiger partial charge in [0.05, 0.1) is 0 Å². The highest BCUT2D eigenvalue weighted by Crippen LogP contribution is 2.33. The lowest BCUT2D eigenvalue weighted by Gasteiger charge is -2.08. The van der Waals surface area contributed by atoms with Gasteiger partial charge in [-0.15, -0.1) is 0 Å². The summed E-state index contributed by atoms with van der Waals surface area (Å²) in [4.78, 5) is 2.31. The first-order valence-electron chi connectivity index (χ1n) is 8.64. The Morgan fingerprint density at radius 3 is 1.26 bits per heavy atom. The van der Waals surface area contributed by atoms with E-state index in [4.69, 9.17) is 0 Å². The van der Waals surface area contributed by atoms with Crippen molar-refractivity contribution in [1.29, 1.82) is 0 Å². The molecule has 0 radical (unpaired) electrons. The molecule has 0 aromatic heterocycles. The first-order valence-corrected chi connectivity index (χ1v) is 9.46. The standard InChI is InChI=1S/C24H18O2S/c25-21-11-7-17(8-12-21)19-3-1-5-23(15-19)27-24-6-2-4-20(16-24)18-9-13-22(26)14-10-18/h1-16,25-26H. The molecule has 0 saturated heterocycles. The summed E-state index contributed by atoms with van der Waals surface area (Å²) in [6, 6.07) is 31.3. The first-order chi connectivity index (χ1) is 13.2. The van der Waals surface area contributed by atoms with Gasteiger partial charge in [-0.1, -0.05) is 60.3 Å². The van der Waals surface area contributed by atoms with Gasteiger partial charge in [0, 0.05) is 9.79 Å². The van der Waals surface area contributed by atoms with Crippen molar-refractivity contribution in [1.82, 2.24) is 0 Å². The second-order valence-electron chi connectivity index (χ2n) is 6.25. The maximum atomic E-state index is 9.47. The number of phenolic OH excluding ortho intramolecular Hbond substituents is 2. The minimum Gasteiger partial charge on any atom is -0.508 e. The number of rotatable bonds is 4. The van der Waals surface area contributed by atoms with Gasteiger partial charge in [0.25, 0.3) is 0 Å². The average Bonchev–Trinajstić information content (AvgIpc) is 2.69. The summed E-state index contributed by atoms with van der Waals surface area (Å²) in [6.07, 6.45) is 0. The van der Waals surface area contributed by atoms with Crippen LogP contribution in [0.25, 0.3) is 22.3 Å². The van der Waals surface area contributed by atoms with E-state index in [0.29, 0.717) is 0 Å². The molecule has 2 nitrogen and oxygen atoms in total. The topological polar surface area (TPSA) is 40.5 Å². The molecular weight excluding hydrogens is 352 g/mol. The highest BCUT2D eigenvalue weighted by Gasteiger charge is 2.04. The molecule has 3 heteroatoms. The Morgan fingerprint density at radius 2 is 0.852 bits per heavy atom. The number of hydrogen-bond acceptors (Lipinski definition) is 3. The summed E-state index contributed by atoms with van der Waals surface area (Å²) in [7, 11) is 0. The van der Waals surface area contributed by atoms with Gasteiger partial charge in [-0.25, -0.2) is 0 Å². The first kappa shape index (κ1) is 17.3. The molecule has 132 valence electrons. The van der Waals surface area contributed by atoms with Crippen LogP contribution in [0.3, 0.4) is 0 Å². The highest BCUT2D eigenvalue weighted by molar-refractivity contribution is 7.99. The molecule has 0 bridgehead atoms. The monoisotopic (exact) mass is 370 g/mol. The van der Waals surface area contributed by atoms with Gasteiger partial charge in [0.1, 0.15) is 11.5 Å². The van der Waals surface area contributed by atoms with Gasteiger partial charge in [-0.2, -0.15) is 0 Å². The maximum absolute atomic E-state index is 9.47. The second kappa shape index (κ2) is 7.60. The second-order valence-corrected chi connectivity index (χ2v) is 7.40. The Hall–Kier alpha value is -3.17. The van der Waals surface area contributed by atoms with Gasteiger partial charge in [0.2, 0.25) is 0 Å². The number of hydrogen-bond donors (Lipinski definition) is 2. The van der Waals surface area contributed by atoms with Crippen LogP contribution >= 0.6 is 11.8 Å². The molecule has 0 unspecified atom stereocenters. The molecule has 2 N–H and O–H groups in total. The predicted octanol–water partition coefficient (Wildman–Crippen LogP) is 6.58. The quantitative estimate of drug-likeness (QED) is 0.426. The van der Waals surface area contributed by atoms with E-state index in [1.165, 1.54) is 0 Å². The van der Waals surface area contributed by atoms with E-state index in [9.17, 15) is 10.2 Å². The van der Waals surface area contributed by atoms with Crippen molar-refractivity contribution >= 4 is 11.8 Å². The van der Waals surface area contributed by atoms with Gasteiger partial charge in [0.15, 0.2) is 0 Å². The Bertz CT molecular complexity index is 967. The predicted molar refractivity (Wildman–Crippen MR) is 111 cm³/mol. The smallest absolute Gasteiger partial charge is 0.115 e. The third-order valence-corrected chi connectivity index (χ3v) is 5.28. The SMILES string of the molecule is Oc1ccc(-c2cccc(Sc3cccc(-c4ccc(O)cc4)c3)c2)cc1. The lowest BCUT2D eigenvalue weighted by atomic mass is 10.1. The Kier molecular flexibility index (Phi) is 4.86. The van der Waals surface area contributed by atoms with Crippen LogP contribution in [0.2, 0.25) is 0 Å². The van der Waals surface area contributed by atoms with Gasteiger partial charge in [-0.05, 0) is 70.8 Å². The van der Waals surface area contributed by atoms with Crippen molar-refractivity contribution in [3.8, 4) is 33.8 Å². The van der Waals surface area contributed by atoms with Crippen molar-refractivity contribution in [2.24, 2.45) is 0 Å². The van der Waals surface area contributed by atoms with Gasteiger partial charge < -0.3 is 10.2 Å². The zero-order valence-corrected chi connectivity index (χ0v) is 15.4. The van der Waals surface area contributed by atoms with Crippen molar-refractivity contribution in [3.63, 3.8) is 0 Å². The van der Waals surface area contributed by atoms with E-state index in [1.54, 1.807) is 36.0 Å². The molecule has 0 fully saturated rings. The zero-order valence-electron chi connectivity index (χ0n) is 14.5. The number of phenols is 2. The van der Waals surface area contributed by atoms with Crippen molar-refractivity contribution in [2.45, 2.75) is 9.79 Å². The maximum Gasteiger partial charge on any atom is 0.115 e. The van der Waals surface area contributed by atoms with Crippen LogP contribution in [0.4, 0.5) is 0 Å². The van der Waals surface area contributed by atoms with E-state index in [1.807, 2.05) is 36.4 Å². The lowest BCUT2D eigenvalue weighted by Crippen LogP contribution is -1.81. The summed E-state index contributed by atoms with van der Waals surface area (Å²) in [5.74, 6) is 0.547. The Labute approximate surface area is 162 Å². The summed E-state index contributed by atoms with van der Waals surface area (Å²) >= 11 is 1.71. The normalized spacial score (nSPS) is 10.7. The van der Waals surface area contributed by atoms with Crippen LogP contribution in [0.1, 0.15) is 0 Å². The van der Waals surface area contributed by atoms with Crippen LogP contribution in [-0.2, 0) is 0 Å². The summed E-state index contributed by atoms with van der Waals surface area (Å²) < 4.78 is 0. The Balaban J connectivity index is 1.59. The van der Waals surface area contributed by atoms with Crippen LogP contribution in [0.15, 0.2) is 107 Å². The molecule has 0 atom stereocenters. The van der Waals surface area contributed by atoms with Crippen LogP contribution in [0, 0.1) is 0 Å². The van der Waals surface area contributed by atoms with Crippen molar-refractivity contribution < 1.29 is 10.2 Å². The number of benzene rings is 4. The summed E-state index contributed by atoms with van der Waals surface area (Å²) in [5.41, 5.74) is 4.39. The molecule has 0 aliphatic heterocycles. The minimum atomic E-state index is 0.273. The zero-order chi connectivity index (χ0) is 18.6. The molecular formula is C24H18O2S. The third kappa shape index (κ3) is 4.15. The fraction of sp³-hybridized carbons (Fsp3) is 0. The van der Waals surface area contributed by atoms with Crippen LogP contribution < -0.4 is 0 Å². The summed E-state index contributed by atoms with van der Waals surface area (Å²) in [6.45, 7) is 0. The molecule has 4 aromatic rings. The summed E-state index contributed by atoms with van der Waals surface area (Å²) in [5, 5.41) is 18.9. The van der Waals surface area contributed by atoms with E-state index in [-0.39, 0.29) is 11.5 Å². The molecule has 0 amide bonds. The molecule has 4 rings (SSSR count). The molecule has 0 aliphatic rings. The van der Waals surface area contributed by atoms with Crippen LogP contribution in [0.5, 0.6) is 11.5 Å². The molecule has 0 saturated carbocycles. The fourth-order valence-electron chi connectivity index (χ4n) is 2.92. The molecule has 0 spiro atoms. The molecule has 0 aliphatic carbocycles. The molecule has 0 heterocycles. The highest BCUT2D eigenvalue weighted by atomic mass is 32.2. The van der Waals surface area contributed by atoms with E-state index in [2.05, 4.69) is 36.4 Å². The van der Waals surface area contributed by atoms with E-state index < -0.39 is 0 Å². The molecule has 4 aromatic carbocycles. The van der Waals surface area contributed by atoms with Gasteiger partial charge in [-0.3, -0.25) is 0 Å². The van der Waals surface area contributed by atoms with Crippen molar-refractivity contribution in [2.75, 3.05) is 0 Å².